The summed E-state index contributed by atoms with van der Waals surface area (Å²) in [6, 6.07) is 7.89. The van der Waals surface area contributed by atoms with Crippen molar-refractivity contribution in [2.75, 3.05) is 25.5 Å². The van der Waals surface area contributed by atoms with Crippen molar-refractivity contribution < 1.29 is 4.79 Å². The highest BCUT2D eigenvalue weighted by Crippen LogP contribution is 2.13. The van der Waals surface area contributed by atoms with Gasteiger partial charge < -0.3 is 16.0 Å². The molecule has 1 amide bonds. The van der Waals surface area contributed by atoms with Crippen LogP contribution in [-0.2, 0) is 24.1 Å². The highest BCUT2D eigenvalue weighted by molar-refractivity contribution is 14.0. The lowest BCUT2D eigenvalue weighted by atomic mass is 10.1. The quantitative estimate of drug-likeness (QED) is 0.295. The first-order valence-corrected chi connectivity index (χ1v) is 9.67. The van der Waals surface area contributed by atoms with E-state index < -0.39 is 0 Å². The van der Waals surface area contributed by atoms with Crippen molar-refractivity contribution >= 4 is 52.9 Å². The molecule has 2 aromatic rings. The number of rotatable bonds is 8. The van der Waals surface area contributed by atoms with E-state index in [-0.39, 0.29) is 29.9 Å². The maximum absolute atomic E-state index is 11.0. The molecular formula is C19H28IN5OS. The van der Waals surface area contributed by atoms with E-state index in [9.17, 15) is 4.79 Å². The molecule has 1 aromatic heterocycles. The summed E-state index contributed by atoms with van der Waals surface area (Å²) in [5.41, 5.74) is 2.03. The van der Waals surface area contributed by atoms with Gasteiger partial charge in [0.25, 0.3) is 0 Å². The van der Waals surface area contributed by atoms with Crippen LogP contribution in [0.4, 0.5) is 5.69 Å². The maximum atomic E-state index is 11.0. The molecule has 1 aromatic carbocycles. The number of thiazole rings is 1. The molecule has 0 fully saturated rings. The van der Waals surface area contributed by atoms with E-state index in [1.54, 1.807) is 18.4 Å². The molecule has 2 rings (SSSR count). The normalized spacial score (nSPS) is 10.9. The van der Waals surface area contributed by atoms with E-state index in [0.717, 1.165) is 49.0 Å². The van der Waals surface area contributed by atoms with Gasteiger partial charge in [-0.1, -0.05) is 19.1 Å². The number of aryl methyl sites for hydroxylation is 1. The fourth-order valence-electron chi connectivity index (χ4n) is 2.42. The number of anilines is 1. The van der Waals surface area contributed by atoms with Gasteiger partial charge in [0.15, 0.2) is 5.96 Å². The molecular weight excluding hydrogens is 473 g/mol. The Labute approximate surface area is 182 Å². The molecule has 0 aliphatic heterocycles. The molecule has 148 valence electrons. The van der Waals surface area contributed by atoms with Gasteiger partial charge in [-0.3, -0.25) is 9.79 Å². The highest BCUT2D eigenvalue weighted by Gasteiger charge is 2.02. The van der Waals surface area contributed by atoms with Gasteiger partial charge in [0.2, 0.25) is 5.91 Å². The molecule has 0 aliphatic carbocycles. The number of guanidine groups is 1. The Morgan fingerprint density at radius 2 is 1.81 bits per heavy atom. The molecule has 0 saturated heterocycles. The number of aliphatic imine (C=N–C) groups is 1. The zero-order valence-electron chi connectivity index (χ0n) is 16.0. The van der Waals surface area contributed by atoms with Gasteiger partial charge in [-0.2, -0.15) is 0 Å². The molecule has 1 heterocycles. The fraction of sp³-hybridized carbons (Fsp3) is 0.421. The Kier molecular flexibility index (Phi) is 11.0. The molecule has 6 nitrogen and oxygen atoms in total. The largest absolute Gasteiger partial charge is 0.356 e. The monoisotopic (exact) mass is 501 g/mol. The predicted molar refractivity (Wildman–Crippen MR) is 124 cm³/mol. The Hall–Kier alpha value is -1.68. The first-order valence-electron chi connectivity index (χ1n) is 8.85. The van der Waals surface area contributed by atoms with Crippen molar-refractivity contribution in [2.24, 2.45) is 4.99 Å². The van der Waals surface area contributed by atoms with Gasteiger partial charge in [0.05, 0.1) is 5.01 Å². The van der Waals surface area contributed by atoms with Gasteiger partial charge in [0, 0.05) is 50.2 Å². The third-order valence-electron chi connectivity index (χ3n) is 3.79. The summed E-state index contributed by atoms with van der Waals surface area (Å²) < 4.78 is 0. The van der Waals surface area contributed by atoms with Gasteiger partial charge in [0.1, 0.15) is 0 Å². The highest BCUT2D eigenvalue weighted by atomic mass is 127. The zero-order chi connectivity index (χ0) is 18.8. The number of aromatic nitrogens is 1. The number of carbonyl (C=O) groups is 1. The molecule has 8 heteroatoms. The maximum Gasteiger partial charge on any atom is 0.221 e. The Balaban J connectivity index is 0.00000364. The second kappa shape index (κ2) is 12.7. The summed E-state index contributed by atoms with van der Waals surface area (Å²) in [7, 11) is 1.77. The predicted octanol–water partition coefficient (Wildman–Crippen LogP) is 3.23. The molecule has 3 N–H and O–H groups in total. The number of halogens is 1. The van der Waals surface area contributed by atoms with Gasteiger partial charge in [-0.15, -0.1) is 35.3 Å². The minimum atomic E-state index is -0.0574. The van der Waals surface area contributed by atoms with Crippen LogP contribution in [-0.4, -0.2) is 37.0 Å². The number of nitrogens with one attached hydrogen (secondary N) is 3. The summed E-state index contributed by atoms with van der Waals surface area (Å²) >= 11 is 1.77. The summed E-state index contributed by atoms with van der Waals surface area (Å²) in [4.78, 5) is 21.0. The van der Waals surface area contributed by atoms with Crippen molar-refractivity contribution in [3.8, 4) is 0 Å². The Morgan fingerprint density at radius 3 is 2.37 bits per heavy atom. The lowest BCUT2D eigenvalue weighted by Crippen LogP contribution is -2.39. The van der Waals surface area contributed by atoms with E-state index in [1.807, 2.05) is 30.5 Å². The summed E-state index contributed by atoms with van der Waals surface area (Å²) in [6.07, 6.45) is 4.79. The van der Waals surface area contributed by atoms with Crippen molar-refractivity contribution in [3.05, 3.63) is 45.9 Å². The molecule has 27 heavy (non-hydrogen) atoms. The topological polar surface area (TPSA) is 78.4 Å². The molecule has 0 aliphatic rings. The SMILES string of the molecule is CCc1cnc(CCNC(=NC)NCCc2ccc(NC(C)=O)cc2)s1.I. The Bertz CT molecular complexity index is 730. The minimum Gasteiger partial charge on any atom is -0.356 e. The number of carbonyl (C=O) groups excluding carboxylic acids is 1. The third-order valence-corrected chi connectivity index (χ3v) is 4.99. The first-order chi connectivity index (χ1) is 12.6. The third kappa shape index (κ3) is 8.70. The van der Waals surface area contributed by atoms with Crippen LogP contribution in [0, 0.1) is 0 Å². The minimum absolute atomic E-state index is 0. The average Bonchev–Trinajstić information content (AvgIpc) is 3.09. The summed E-state index contributed by atoms with van der Waals surface area (Å²) in [5.74, 6) is 0.741. The molecule has 0 unspecified atom stereocenters. The lowest BCUT2D eigenvalue weighted by molar-refractivity contribution is -0.114. The van der Waals surface area contributed by atoms with E-state index in [4.69, 9.17) is 0 Å². The van der Waals surface area contributed by atoms with Crippen LogP contribution in [0.3, 0.4) is 0 Å². The van der Waals surface area contributed by atoms with Crippen molar-refractivity contribution in [2.45, 2.75) is 33.1 Å². The second-order valence-corrected chi connectivity index (χ2v) is 7.08. The van der Waals surface area contributed by atoms with Gasteiger partial charge >= 0.3 is 0 Å². The van der Waals surface area contributed by atoms with Gasteiger partial charge in [-0.25, -0.2) is 4.98 Å². The fourth-order valence-corrected chi connectivity index (χ4v) is 3.28. The van der Waals surface area contributed by atoms with E-state index in [0.29, 0.717) is 0 Å². The van der Waals surface area contributed by atoms with Crippen molar-refractivity contribution in [1.29, 1.82) is 0 Å². The van der Waals surface area contributed by atoms with Crippen LogP contribution in [0.25, 0.3) is 0 Å². The Morgan fingerprint density at radius 1 is 1.15 bits per heavy atom. The van der Waals surface area contributed by atoms with Gasteiger partial charge in [-0.05, 0) is 30.5 Å². The standard InChI is InChI=1S/C19H27N5OS.HI/c1-4-17-13-23-18(26-17)10-12-22-19(20-3)21-11-9-15-5-7-16(8-6-15)24-14(2)25;/h5-8,13H,4,9-12H2,1-3H3,(H,24,25)(H2,20,21,22);1H. The van der Waals surface area contributed by atoms with Crippen LogP contribution in [0.1, 0.15) is 29.3 Å². The summed E-state index contributed by atoms with van der Waals surface area (Å²) in [5, 5.41) is 10.6. The molecule has 0 radical (unpaired) electrons. The smallest absolute Gasteiger partial charge is 0.221 e. The number of nitrogens with zero attached hydrogens (tertiary/aromatic N) is 2. The van der Waals surface area contributed by atoms with Crippen LogP contribution in [0.5, 0.6) is 0 Å². The number of amides is 1. The van der Waals surface area contributed by atoms with Crippen molar-refractivity contribution in [3.63, 3.8) is 0 Å². The number of hydrogen-bond acceptors (Lipinski definition) is 4. The van der Waals surface area contributed by atoms with E-state index in [1.165, 1.54) is 17.4 Å². The molecule has 0 bridgehead atoms. The van der Waals surface area contributed by atoms with Crippen molar-refractivity contribution in [1.82, 2.24) is 15.6 Å². The second-order valence-electron chi connectivity index (χ2n) is 5.88. The number of hydrogen-bond donors (Lipinski definition) is 3. The first kappa shape index (κ1) is 23.4. The summed E-state index contributed by atoms with van der Waals surface area (Å²) in [6.45, 7) is 5.25. The molecule has 0 spiro atoms. The molecule has 0 saturated carbocycles. The lowest BCUT2D eigenvalue weighted by Gasteiger charge is -2.11. The van der Waals surface area contributed by atoms with Crippen LogP contribution in [0.15, 0.2) is 35.5 Å². The van der Waals surface area contributed by atoms with Crippen LogP contribution >= 0.6 is 35.3 Å². The van der Waals surface area contributed by atoms with E-state index in [2.05, 4.69) is 32.9 Å². The molecule has 0 atom stereocenters. The van der Waals surface area contributed by atoms with Crippen LogP contribution < -0.4 is 16.0 Å². The average molecular weight is 501 g/mol. The van der Waals surface area contributed by atoms with Crippen LogP contribution in [0.2, 0.25) is 0 Å². The number of benzene rings is 1. The van der Waals surface area contributed by atoms with E-state index >= 15 is 0 Å². The zero-order valence-corrected chi connectivity index (χ0v) is 19.2.